The molecule has 1 aliphatic rings. The molecule has 0 aliphatic carbocycles. The first-order valence-electron chi connectivity index (χ1n) is 9.55. The minimum absolute atomic E-state index is 0.234. The molecule has 5 nitrogen and oxygen atoms in total. The first-order valence-corrected chi connectivity index (χ1v) is 9.55. The van der Waals surface area contributed by atoms with Crippen LogP contribution in [0.5, 0.6) is 11.5 Å². The van der Waals surface area contributed by atoms with E-state index in [0.717, 1.165) is 5.56 Å². The average Bonchev–Trinajstić information content (AvgIpc) is 2.80. The van der Waals surface area contributed by atoms with Gasteiger partial charge in [-0.1, -0.05) is 30.3 Å². The zero-order valence-corrected chi connectivity index (χ0v) is 16.7. The van der Waals surface area contributed by atoms with E-state index in [-0.39, 0.29) is 11.7 Å². The Morgan fingerprint density at radius 2 is 1.30 bits per heavy atom. The van der Waals surface area contributed by atoms with Gasteiger partial charge in [0.25, 0.3) is 0 Å². The Bertz CT molecular complexity index is 1090. The number of amides is 1. The number of ketones is 1. The lowest BCUT2D eigenvalue weighted by Gasteiger charge is -2.33. The van der Waals surface area contributed by atoms with Gasteiger partial charge in [0, 0.05) is 11.8 Å². The first-order chi connectivity index (χ1) is 14.6. The number of rotatable bonds is 5. The number of hydrogen-bond acceptors (Lipinski definition) is 4. The van der Waals surface area contributed by atoms with Crippen LogP contribution in [0, 0.1) is 0 Å². The van der Waals surface area contributed by atoms with Crippen LogP contribution in [0.4, 0.5) is 5.69 Å². The number of ether oxygens (including phenoxy) is 2. The summed E-state index contributed by atoms with van der Waals surface area (Å²) in [5, 5.41) is 0. The van der Waals surface area contributed by atoms with Crippen LogP contribution >= 0.6 is 0 Å². The molecule has 1 aliphatic heterocycles. The predicted octanol–water partition coefficient (Wildman–Crippen LogP) is 4.44. The van der Waals surface area contributed by atoms with Crippen LogP contribution in [0.2, 0.25) is 0 Å². The van der Waals surface area contributed by atoms with Crippen LogP contribution in [0.1, 0.15) is 17.0 Å². The van der Waals surface area contributed by atoms with Crippen LogP contribution in [0.3, 0.4) is 0 Å². The molecule has 5 heteroatoms. The predicted molar refractivity (Wildman–Crippen MR) is 116 cm³/mol. The van der Waals surface area contributed by atoms with Gasteiger partial charge >= 0.3 is 0 Å². The lowest BCUT2D eigenvalue weighted by Crippen LogP contribution is -2.41. The summed E-state index contributed by atoms with van der Waals surface area (Å²) in [5.74, 6) is -0.0124. The quantitative estimate of drug-likeness (QED) is 0.595. The van der Waals surface area contributed by atoms with Crippen molar-refractivity contribution in [2.24, 2.45) is 0 Å². The Hall–Kier alpha value is -3.86. The van der Waals surface area contributed by atoms with E-state index in [1.165, 1.54) is 0 Å². The molecule has 30 heavy (non-hydrogen) atoms. The Labute approximate surface area is 175 Å². The van der Waals surface area contributed by atoms with Gasteiger partial charge in [-0.2, -0.15) is 0 Å². The number of benzene rings is 3. The van der Waals surface area contributed by atoms with E-state index in [0.29, 0.717) is 28.4 Å². The minimum Gasteiger partial charge on any atom is -0.497 e. The normalized spacial score (nSPS) is 16.3. The molecule has 1 heterocycles. The van der Waals surface area contributed by atoms with E-state index in [1.807, 2.05) is 42.5 Å². The molecule has 1 atom stereocenters. The van der Waals surface area contributed by atoms with E-state index in [9.17, 15) is 9.59 Å². The lowest BCUT2D eigenvalue weighted by molar-refractivity contribution is -0.126. The second kappa shape index (κ2) is 8.25. The van der Waals surface area contributed by atoms with Crippen molar-refractivity contribution < 1.29 is 19.1 Å². The Morgan fingerprint density at radius 1 is 0.733 bits per heavy atom. The van der Waals surface area contributed by atoms with Gasteiger partial charge in [0.1, 0.15) is 17.4 Å². The van der Waals surface area contributed by atoms with E-state index >= 15 is 0 Å². The molecule has 3 aromatic rings. The number of carbonyl (C=O) groups excluding carboxylic acids is 2. The summed E-state index contributed by atoms with van der Waals surface area (Å²) >= 11 is 0. The molecule has 0 aromatic heterocycles. The summed E-state index contributed by atoms with van der Waals surface area (Å²) in [5.41, 5.74) is 2.62. The molecule has 0 bridgehead atoms. The molecule has 0 spiro atoms. The van der Waals surface area contributed by atoms with Crippen LogP contribution in [-0.2, 0) is 9.59 Å². The monoisotopic (exact) mass is 399 g/mol. The molecule has 1 amide bonds. The topological polar surface area (TPSA) is 55.8 Å². The van der Waals surface area contributed by atoms with Crippen molar-refractivity contribution in [3.05, 3.63) is 96.1 Å². The van der Waals surface area contributed by atoms with Crippen molar-refractivity contribution >= 4 is 23.1 Å². The number of hydrogen-bond donors (Lipinski definition) is 0. The van der Waals surface area contributed by atoms with E-state index in [2.05, 4.69) is 0 Å². The van der Waals surface area contributed by atoms with E-state index in [1.54, 1.807) is 61.6 Å². The average molecular weight is 399 g/mol. The summed E-state index contributed by atoms with van der Waals surface area (Å²) in [4.78, 5) is 28.2. The van der Waals surface area contributed by atoms with Crippen molar-refractivity contribution in [2.75, 3.05) is 19.1 Å². The van der Waals surface area contributed by atoms with Gasteiger partial charge in [-0.25, -0.2) is 0 Å². The van der Waals surface area contributed by atoms with E-state index in [4.69, 9.17) is 9.47 Å². The highest BCUT2D eigenvalue weighted by Crippen LogP contribution is 2.36. The van der Waals surface area contributed by atoms with Gasteiger partial charge in [0.05, 0.1) is 19.9 Å². The molecular formula is C25H21NO4. The highest BCUT2D eigenvalue weighted by molar-refractivity contribution is 6.26. The molecule has 0 fully saturated rings. The second-order valence-electron chi connectivity index (χ2n) is 6.88. The third-order valence-corrected chi connectivity index (χ3v) is 5.12. The molecule has 4 rings (SSSR count). The molecule has 0 saturated heterocycles. The SMILES string of the molecule is COc1ccc(C2=CC(=O)C(c3ccccc3)C(=O)N2c2ccc(OC)cc2)cc1. The number of allylic oxidation sites excluding steroid dienone is 1. The van der Waals surface area contributed by atoms with Gasteiger partial charge in [-0.05, 0) is 59.7 Å². The van der Waals surface area contributed by atoms with Crippen LogP contribution in [0.25, 0.3) is 5.70 Å². The van der Waals surface area contributed by atoms with Crippen molar-refractivity contribution in [1.82, 2.24) is 0 Å². The van der Waals surface area contributed by atoms with Gasteiger partial charge < -0.3 is 9.47 Å². The fraction of sp³-hybridized carbons (Fsp3) is 0.120. The molecule has 0 saturated carbocycles. The van der Waals surface area contributed by atoms with Crippen LogP contribution < -0.4 is 14.4 Å². The number of carbonyl (C=O) groups is 2. The van der Waals surface area contributed by atoms with Gasteiger partial charge in [-0.15, -0.1) is 0 Å². The Kier molecular flexibility index (Phi) is 5.35. The van der Waals surface area contributed by atoms with Gasteiger partial charge in [0.2, 0.25) is 5.91 Å². The molecule has 1 unspecified atom stereocenters. The summed E-state index contributed by atoms with van der Waals surface area (Å²) < 4.78 is 10.5. The van der Waals surface area contributed by atoms with Crippen molar-refractivity contribution in [3.8, 4) is 11.5 Å². The molecular weight excluding hydrogens is 378 g/mol. The zero-order chi connectivity index (χ0) is 21.1. The van der Waals surface area contributed by atoms with Crippen molar-refractivity contribution in [1.29, 1.82) is 0 Å². The Morgan fingerprint density at radius 3 is 1.87 bits per heavy atom. The number of nitrogens with zero attached hydrogens (tertiary/aromatic N) is 1. The smallest absolute Gasteiger partial charge is 0.246 e. The van der Waals surface area contributed by atoms with Crippen molar-refractivity contribution in [3.63, 3.8) is 0 Å². The summed E-state index contributed by atoms with van der Waals surface area (Å²) in [6.45, 7) is 0. The molecule has 0 radical (unpaired) electrons. The van der Waals surface area contributed by atoms with Gasteiger partial charge in [0.15, 0.2) is 5.78 Å². The largest absolute Gasteiger partial charge is 0.497 e. The summed E-state index contributed by atoms with van der Waals surface area (Å²) in [7, 11) is 3.18. The molecule has 0 N–H and O–H groups in total. The minimum atomic E-state index is -0.879. The fourth-order valence-corrected chi connectivity index (χ4v) is 3.58. The third-order valence-electron chi connectivity index (χ3n) is 5.12. The standard InChI is InChI=1S/C25H21NO4/c1-29-20-12-8-17(9-13-20)22-16-23(27)24(18-6-4-3-5-7-18)25(28)26(22)19-10-14-21(30-2)15-11-19/h3-16,24H,1-2H3. The maximum absolute atomic E-state index is 13.6. The molecule has 150 valence electrons. The second-order valence-corrected chi connectivity index (χ2v) is 6.88. The van der Waals surface area contributed by atoms with Crippen LogP contribution in [-0.4, -0.2) is 25.9 Å². The van der Waals surface area contributed by atoms with Crippen LogP contribution in [0.15, 0.2) is 84.9 Å². The maximum atomic E-state index is 13.6. The Balaban J connectivity index is 1.84. The number of anilines is 1. The zero-order valence-electron chi connectivity index (χ0n) is 16.7. The first kappa shape index (κ1) is 19.5. The third kappa shape index (κ3) is 3.57. The summed E-state index contributed by atoms with van der Waals surface area (Å²) in [6.07, 6.45) is 1.55. The van der Waals surface area contributed by atoms with Gasteiger partial charge in [-0.3, -0.25) is 14.5 Å². The fourth-order valence-electron chi connectivity index (χ4n) is 3.58. The highest BCUT2D eigenvalue weighted by atomic mass is 16.5. The lowest BCUT2D eigenvalue weighted by atomic mass is 9.88. The van der Waals surface area contributed by atoms with E-state index < -0.39 is 5.92 Å². The highest BCUT2D eigenvalue weighted by Gasteiger charge is 2.38. The maximum Gasteiger partial charge on any atom is 0.246 e. The summed E-state index contributed by atoms with van der Waals surface area (Å²) in [6, 6.07) is 23.6. The molecule has 3 aromatic carbocycles. The van der Waals surface area contributed by atoms with Crippen molar-refractivity contribution in [2.45, 2.75) is 5.92 Å². The number of methoxy groups -OCH3 is 2.